The van der Waals surface area contributed by atoms with Gasteiger partial charge in [-0.3, -0.25) is 0 Å². The highest BCUT2D eigenvalue weighted by Crippen LogP contribution is 2.24. The van der Waals surface area contributed by atoms with Crippen molar-refractivity contribution < 1.29 is 13.9 Å². The van der Waals surface area contributed by atoms with Crippen molar-refractivity contribution >= 4 is 16.9 Å². The van der Waals surface area contributed by atoms with Crippen LogP contribution in [0.3, 0.4) is 0 Å². The number of fused-ring (bicyclic) bond motifs is 1. The Morgan fingerprint density at radius 1 is 1.44 bits per heavy atom. The zero-order valence-corrected chi connectivity index (χ0v) is 9.19. The van der Waals surface area contributed by atoms with Gasteiger partial charge in [0.15, 0.2) is 6.04 Å². The Hall–Kier alpha value is -1.81. The summed E-state index contributed by atoms with van der Waals surface area (Å²) in [5, 5.41) is 0.939. The van der Waals surface area contributed by atoms with E-state index in [1.54, 1.807) is 6.07 Å². The van der Waals surface area contributed by atoms with Crippen molar-refractivity contribution in [3.8, 4) is 0 Å². The normalized spacial score (nSPS) is 12.7. The van der Waals surface area contributed by atoms with E-state index < -0.39 is 12.0 Å². The van der Waals surface area contributed by atoms with Gasteiger partial charge >= 0.3 is 5.97 Å². The number of aryl methyl sites for hydroxylation is 1. The molecule has 0 spiro atoms. The van der Waals surface area contributed by atoms with E-state index >= 15 is 0 Å². The Balaban J connectivity index is 2.43. The summed E-state index contributed by atoms with van der Waals surface area (Å²) in [6.07, 6.45) is 0. The van der Waals surface area contributed by atoms with Crippen molar-refractivity contribution in [2.24, 2.45) is 5.73 Å². The smallest absolute Gasteiger partial charge is 0.330 e. The minimum Gasteiger partial charge on any atom is -0.468 e. The van der Waals surface area contributed by atoms with Gasteiger partial charge in [-0.25, -0.2) is 4.79 Å². The number of furan rings is 1. The molecule has 0 radical (unpaired) electrons. The van der Waals surface area contributed by atoms with Gasteiger partial charge in [-0.1, -0.05) is 11.6 Å². The molecule has 16 heavy (non-hydrogen) atoms. The van der Waals surface area contributed by atoms with Gasteiger partial charge in [-0.15, -0.1) is 0 Å². The molecule has 0 aliphatic heterocycles. The Kier molecular flexibility index (Phi) is 2.66. The predicted octanol–water partition coefficient (Wildman–Crippen LogP) is 1.91. The molecule has 1 heterocycles. The van der Waals surface area contributed by atoms with E-state index in [9.17, 15) is 4.79 Å². The van der Waals surface area contributed by atoms with E-state index in [0.717, 1.165) is 16.5 Å². The lowest BCUT2D eigenvalue weighted by molar-refractivity contribution is -0.142. The van der Waals surface area contributed by atoms with E-state index in [1.807, 2.05) is 25.1 Å². The molecule has 1 unspecified atom stereocenters. The molecule has 1 atom stereocenters. The van der Waals surface area contributed by atoms with Crippen LogP contribution in [0.5, 0.6) is 0 Å². The van der Waals surface area contributed by atoms with Crippen LogP contribution in [0, 0.1) is 6.92 Å². The fraction of sp³-hybridized carbons (Fsp3) is 0.250. The highest BCUT2D eigenvalue weighted by Gasteiger charge is 2.20. The lowest BCUT2D eigenvalue weighted by atomic mass is 10.1. The zero-order valence-electron chi connectivity index (χ0n) is 9.19. The number of benzene rings is 1. The SMILES string of the molecule is COC(=O)C(N)c1cc2cc(C)ccc2o1. The van der Waals surface area contributed by atoms with Crippen molar-refractivity contribution in [3.05, 3.63) is 35.6 Å². The quantitative estimate of drug-likeness (QED) is 0.783. The van der Waals surface area contributed by atoms with Crippen LogP contribution in [0.1, 0.15) is 17.4 Å². The van der Waals surface area contributed by atoms with Gasteiger partial charge in [0, 0.05) is 5.39 Å². The molecule has 2 N–H and O–H groups in total. The third kappa shape index (κ3) is 1.79. The number of esters is 1. The van der Waals surface area contributed by atoms with Crippen molar-refractivity contribution in [2.75, 3.05) is 7.11 Å². The van der Waals surface area contributed by atoms with Crippen LogP contribution in [0.4, 0.5) is 0 Å². The van der Waals surface area contributed by atoms with Crippen molar-refractivity contribution in [2.45, 2.75) is 13.0 Å². The molecular weight excluding hydrogens is 206 g/mol. The van der Waals surface area contributed by atoms with Gasteiger partial charge in [-0.05, 0) is 25.1 Å². The first-order chi connectivity index (χ1) is 7.61. The molecule has 2 rings (SSSR count). The molecular formula is C12H13NO3. The zero-order chi connectivity index (χ0) is 11.7. The number of nitrogens with two attached hydrogens (primary N) is 1. The fourth-order valence-electron chi connectivity index (χ4n) is 1.58. The van der Waals surface area contributed by atoms with Gasteiger partial charge in [0.1, 0.15) is 11.3 Å². The third-order valence-electron chi connectivity index (χ3n) is 2.45. The minimum atomic E-state index is -0.863. The summed E-state index contributed by atoms with van der Waals surface area (Å²) in [6.45, 7) is 1.99. The molecule has 1 aromatic carbocycles. The Labute approximate surface area is 93.0 Å². The highest BCUT2D eigenvalue weighted by atomic mass is 16.5. The Bertz CT molecular complexity index is 530. The summed E-state index contributed by atoms with van der Waals surface area (Å²) in [7, 11) is 1.30. The third-order valence-corrected chi connectivity index (χ3v) is 2.45. The molecule has 2 aromatic rings. The number of ether oxygens (including phenoxy) is 1. The van der Waals surface area contributed by atoms with Crippen molar-refractivity contribution in [1.29, 1.82) is 0 Å². The molecule has 0 fully saturated rings. The number of hydrogen-bond donors (Lipinski definition) is 1. The fourth-order valence-corrected chi connectivity index (χ4v) is 1.58. The highest BCUT2D eigenvalue weighted by molar-refractivity contribution is 5.82. The van der Waals surface area contributed by atoms with Crippen LogP contribution in [-0.2, 0) is 9.53 Å². The minimum absolute atomic E-state index is 0.424. The predicted molar refractivity (Wildman–Crippen MR) is 59.9 cm³/mol. The average molecular weight is 219 g/mol. The lowest BCUT2D eigenvalue weighted by Gasteiger charge is -2.04. The maximum atomic E-state index is 11.2. The number of hydrogen-bond acceptors (Lipinski definition) is 4. The van der Waals surface area contributed by atoms with Crippen molar-refractivity contribution in [3.63, 3.8) is 0 Å². The van der Waals surface area contributed by atoms with E-state index in [-0.39, 0.29) is 0 Å². The average Bonchev–Trinajstić information content (AvgIpc) is 2.69. The van der Waals surface area contributed by atoms with E-state index in [1.165, 1.54) is 7.11 Å². The van der Waals surface area contributed by atoms with Gasteiger partial charge in [0.25, 0.3) is 0 Å². The van der Waals surface area contributed by atoms with Gasteiger partial charge in [0.05, 0.1) is 7.11 Å². The number of carbonyl (C=O) groups excluding carboxylic acids is 1. The van der Waals surface area contributed by atoms with E-state index in [4.69, 9.17) is 10.2 Å². The molecule has 0 saturated heterocycles. The number of carbonyl (C=O) groups is 1. The molecule has 4 nitrogen and oxygen atoms in total. The largest absolute Gasteiger partial charge is 0.468 e. The second-order valence-electron chi connectivity index (χ2n) is 3.69. The standard InChI is InChI=1S/C12H13NO3/c1-7-3-4-9-8(5-7)6-10(16-9)11(13)12(14)15-2/h3-6,11H,13H2,1-2H3. The van der Waals surface area contributed by atoms with E-state index in [2.05, 4.69) is 4.74 Å². The first-order valence-electron chi connectivity index (χ1n) is 4.95. The maximum Gasteiger partial charge on any atom is 0.330 e. The lowest BCUT2D eigenvalue weighted by Crippen LogP contribution is -2.21. The molecule has 1 aromatic heterocycles. The first kappa shape index (κ1) is 10.7. The topological polar surface area (TPSA) is 65.5 Å². The molecule has 4 heteroatoms. The number of rotatable bonds is 2. The molecule has 0 aliphatic rings. The first-order valence-corrected chi connectivity index (χ1v) is 4.95. The second-order valence-corrected chi connectivity index (χ2v) is 3.69. The molecule has 0 aliphatic carbocycles. The second kappa shape index (κ2) is 3.98. The van der Waals surface area contributed by atoms with Crippen molar-refractivity contribution in [1.82, 2.24) is 0 Å². The van der Waals surface area contributed by atoms with Crippen LogP contribution in [0.2, 0.25) is 0 Å². The van der Waals surface area contributed by atoms with Crippen LogP contribution in [0.15, 0.2) is 28.7 Å². The van der Waals surface area contributed by atoms with E-state index in [0.29, 0.717) is 5.76 Å². The Morgan fingerprint density at radius 2 is 2.19 bits per heavy atom. The van der Waals surface area contributed by atoms with Crippen LogP contribution in [0.25, 0.3) is 11.0 Å². The van der Waals surface area contributed by atoms with Crippen LogP contribution >= 0.6 is 0 Å². The summed E-state index contributed by atoms with van der Waals surface area (Å²) in [5.41, 5.74) is 7.54. The summed E-state index contributed by atoms with van der Waals surface area (Å²) in [6, 6.07) is 6.69. The van der Waals surface area contributed by atoms with Gasteiger partial charge < -0.3 is 14.9 Å². The summed E-state index contributed by atoms with van der Waals surface area (Å²) < 4.78 is 10.0. The van der Waals surface area contributed by atoms with Crippen LogP contribution < -0.4 is 5.73 Å². The maximum absolute atomic E-state index is 11.2. The Morgan fingerprint density at radius 3 is 2.88 bits per heavy atom. The molecule has 0 bridgehead atoms. The van der Waals surface area contributed by atoms with Gasteiger partial charge in [0.2, 0.25) is 0 Å². The molecule has 0 amide bonds. The van der Waals surface area contributed by atoms with Gasteiger partial charge in [-0.2, -0.15) is 0 Å². The monoisotopic (exact) mass is 219 g/mol. The summed E-state index contributed by atoms with van der Waals surface area (Å²) in [5.74, 6) is -0.0803. The number of methoxy groups -OCH3 is 1. The molecule has 0 saturated carbocycles. The summed E-state index contributed by atoms with van der Waals surface area (Å²) in [4.78, 5) is 11.2. The molecule has 84 valence electrons. The summed E-state index contributed by atoms with van der Waals surface area (Å²) >= 11 is 0. The van der Waals surface area contributed by atoms with Crippen LogP contribution in [-0.4, -0.2) is 13.1 Å².